The second-order valence-electron chi connectivity index (χ2n) is 4.86. The number of hydrogen-bond acceptors (Lipinski definition) is 1. The van der Waals surface area contributed by atoms with Crippen LogP contribution in [-0.4, -0.2) is 19.0 Å². The van der Waals surface area contributed by atoms with Crippen LogP contribution < -0.4 is 0 Å². The molecule has 0 amide bonds. The van der Waals surface area contributed by atoms with Crippen molar-refractivity contribution < 1.29 is 0 Å². The molecule has 0 atom stereocenters. The highest BCUT2D eigenvalue weighted by atomic mass is 35.5. The number of hydrogen-bond donors (Lipinski definition) is 0. The van der Waals surface area contributed by atoms with Crippen molar-refractivity contribution in [1.29, 1.82) is 0 Å². The topological polar surface area (TPSA) is 3.24 Å². The van der Waals surface area contributed by atoms with Crippen LogP contribution in [0.3, 0.4) is 0 Å². The van der Waals surface area contributed by atoms with Crippen molar-refractivity contribution in [2.45, 2.75) is 13.0 Å². The van der Waals surface area contributed by atoms with Crippen LogP contribution in [0.4, 0.5) is 0 Å². The monoisotopic (exact) mass is 259 g/mol. The predicted octanol–water partition coefficient (Wildman–Crippen LogP) is 3.99. The number of halogens is 1. The van der Waals surface area contributed by atoms with Crippen molar-refractivity contribution >= 4 is 11.6 Å². The highest BCUT2D eigenvalue weighted by molar-refractivity contribution is 6.30. The van der Waals surface area contributed by atoms with E-state index in [1.807, 2.05) is 12.1 Å². The van der Waals surface area contributed by atoms with Gasteiger partial charge in [0.1, 0.15) is 0 Å². The molecule has 0 bridgehead atoms. The molecule has 0 aliphatic rings. The number of rotatable bonds is 4. The third-order valence-electron chi connectivity index (χ3n) is 2.81. The summed E-state index contributed by atoms with van der Waals surface area (Å²) in [5.74, 6) is 0. The zero-order chi connectivity index (χ0) is 13.0. The smallest absolute Gasteiger partial charge is 0.0406 e. The van der Waals surface area contributed by atoms with Crippen LogP contribution in [0, 0.1) is 0 Å². The van der Waals surface area contributed by atoms with Crippen molar-refractivity contribution in [1.82, 2.24) is 4.90 Å². The maximum Gasteiger partial charge on any atom is 0.0406 e. The molecule has 0 aliphatic heterocycles. The van der Waals surface area contributed by atoms with E-state index in [0.717, 1.165) is 18.0 Å². The summed E-state index contributed by atoms with van der Waals surface area (Å²) in [6.07, 6.45) is 0.957. The quantitative estimate of drug-likeness (QED) is 0.803. The Kier molecular flexibility index (Phi) is 4.40. The van der Waals surface area contributed by atoms with Crippen molar-refractivity contribution in [3.05, 3.63) is 70.2 Å². The van der Waals surface area contributed by atoms with E-state index in [1.165, 1.54) is 16.7 Å². The summed E-state index contributed by atoms with van der Waals surface area (Å²) >= 11 is 5.89. The molecule has 0 radical (unpaired) electrons. The van der Waals surface area contributed by atoms with Crippen molar-refractivity contribution in [2.24, 2.45) is 0 Å². The van der Waals surface area contributed by atoms with Crippen LogP contribution in [0.15, 0.2) is 48.5 Å². The van der Waals surface area contributed by atoms with Crippen molar-refractivity contribution in [3.63, 3.8) is 0 Å². The molecule has 2 aromatic rings. The van der Waals surface area contributed by atoms with Crippen molar-refractivity contribution in [2.75, 3.05) is 14.1 Å². The minimum Gasteiger partial charge on any atom is -0.305 e. The summed E-state index contributed by atoms with van der Waals surface area (Å²) in [5, 5.41) is 0.792. The zero-order valence-corrected chi connectivity index (χ0v) is 11.6. The van der Waals surface area contributed by atoms with E-state index in [1.54, 1.807) is 0 Å². The van der Waals surface area contributed by atoms with Crippen LogP contribution in [-0.2, 0) is 13.0 Å². The fourth-order valence-corrected chi connectivity index (χ4v) is 2.17. The Morgan fingerprint density at radius 1 is 0.889 bits per heavy atom. The molecule has 0 spiro atoms. The summed E-state index contributed by atoms with van der Waals surface area (Å²) in [6.45, 7) is 0.981. The molecule has 2 aromatic carbocycles. The highest BCUT2D eigenvalue weighted by Gasteiger charge is 2.00. The van der Waals surface area contributed by atoms with Gasteiger partial charge >= 0.3 is 0 Å². The Labute approximate surface area is 114 Å². The first-order valence-electron chi connectivity index (χ1n) is 6.10. The minimum absolute atomic E-state index is 0.792. The predicted molar refractivity (Wildman–Crippen MR) is 78.1 cm³/mol. The lowest BCUT2D eigenvalue weighted by Gasteiger charge is -2.11. The van der Waals surface area contributed by atoms with Gasteiger partial charge in [0.15, 0.2) is 0 Å². The molecule has 0 N–H and O–H groups in total. The van der Waals surface area contributed by atoms with E-state index >= 15 is 0 Å². The van der Waals surface area contributed by atoms with Gasteiger partial charge in [0.25, 0.3) is 0 Å². The normalized spacial score (nSPS) is 10.9. The first-order valence-corrected chi connectivity index (χ1v) is 6.48. The van der Waals surface area contributed by atoms with Crippen LogP contribution in [0.2, 0.25) is 5.02 Å². The molecule has 94 valence electrons. The Hall–Kier alpha value is -1.31. The van der Waals surface area contributed by atoms with Gasteiger partial charge in [0, 0.05) is 11.6 Å². The fourth-order valence-electron chi connectivity index (χ4n) is 2.04. The fraction of sp³-hybridized carbons (Fsp3) is 0.250. The Morgan fingerprint density at radius 2 is 1.56 bits per heavy atom. The largest absolute Gasteiger partial charge is 0.305 e. The van der Waals surface area contributed by atoms with Crippen LogP contribution in [0.25, 0.3) is 0 Å². The number of benzene rings is 2. The average Bonchev–Trinajstić information content (AvgIpc) is 2.32. The molecule has 18 heavy (non-hydrogen) atoms. The molecule has 0 heterocycles. The van der Waals surface area contributed by atoms with E-state index in [0.29, 0.717) is 0 Å². The SMILES string of the molecule is CN(C)Cc1cccc(Cc2ccc(Cl)cc2)c1. The summed E-state index contributed by atoms with van der Waals surface area (Å²) in [7, 11) is 4.18. The van der Waals surface area contributed by atoms with Crippen LogP contribution in [0.5, 0.6) is 0 Å². The zero-order valence-electron chi connectivity index (χ0n) is 10.9. The molecule has 0 unspecified atom stereocenters. The molecule has 2 heteroatoms. The summed E-state index contributed by atoms with van der Waals surface area (Å²) in [6, 6.07) is 16.8. The number of nitrogens with zero attached hydrogens (tertiary/aromatic N) is 1. The van der Waals surface area contributed by atoms with E-state index in [-0.39, 0.29) is 0 Å². The second-order valence-corrected chi connectivity index (χ2v) is 5.30. The van der Waals surface area contributed by atoms with Crippen LogP contribution in [0.1, 0.15) is 16.7 Å². The van der Waals surface area contributed by atoms with Gasteiger partial charge in [-0.05, 0) is 49.3 Å². The molecule has 1 nitrogen and oxygen atoms in total. The molecule has 0 saturated heterocycles. The summed E-state index contributed by atoms with van der Waals surface area (Å²) in [5.41, 5.74) is 3.99. The first-order chi connectivity index (χ1) is 8.63. The molecular weight excluding hydrogens is 242 g/mol. The van der Waals surface area contributed by atoms with E-state index in [4.69, 9.17) is 11.6 Å². The van der Waals surface area contributed by atoms with Gasteiger partial charge in [-0.3, -0.25) is 0 Å². The molecule has 2 rings (SSSR count). The average molecular weight is 260 g/mol. The standard InChI is InChI=1S/C16H18ClN/c1-18(2)12-15-5-3-4-14(11-15)10-13-6-8-16(17)9-7-13/h3-9,11H,10,12H2,1-2H3. The van der Waals surface area contributed by atoms with Gasteiger partial charge < -0.3 is 4.90 Å². The van der Waals surface area contributed by atoms with E-state index < -0.39 is 0 Å². The van der Waals surface area contributed by atoms with Crippen molar-refractivity contribution in [3.8, 4) is 0 Å². The van der Waals surface area contributed by atoms with Gasteiger partial charge in [0.2, 0.25) is 0 Å². The molecule has 0 fully saturated rings. The third kappa shape index (κ3) is 3.86. The first kappa shape index (κ1) is 13.1. The molecule has 0 aromatic heterocycles. The van der Waals surface area contributed by atoms with Gasteiger partial charge in [-0.25, -0.2) is 0 Å². The minimum atomic E-state index is 0.792. The highest BCUT2D eigenvalue weighted by Crippen LogP contribution is 2.15. The maximum atomic E-state index is 5.89. The lowest BCUT2D eigenvalue weighted by atomic mass is 10.0. The van der Waals surface area contributed by atoms with Crippen LogP contribution >= 0.6 is 11.6 Å². The Morgan fingerprint density at radius 3 is 2.22 bits per heavy atom. The maximum absolute atomic E-state index is 5.89. The second kappa shape index (κ2) is 6.03. The molecule has 0 saturated carbocycles. The van der Waals surface area contributed by atoms with Gasteiger partial charge in [-0.15, -0.1) is 0 Å². The van der Waals surface area contributed by atoms with Gasteiger partial charge in [-0.1, -0.05) is 48.0 Å². The molecular formula is C16H18ClN. The third-order valence-corrected chi connectivity index (χ3v) is 3.06. The van der Waals surface area contributed by atoms with E-state index in [9.17, 15) is 0 Å². The van der Waals surface area contributed by atoms with Gasteiger partial charge in [0.05, 0.1) is 0 Å². The van der Waals surface area contributed by atoms with Gasteiger partial charge in [-0.2, -0.15) is 0 Å². The Bertz CT molecular complexity index is 503. The lowest BCUT2D eigenvalue weighted by Crippen LogP contribution is -2.10. The Balaban J connectivity index is 2.11. The van der Waals surface area contributed by atoms with E-state index in [2.05, 4.69) is 55.4 Å². The summed E-state index contributed by atoms with van der Waals surface area (Å²) < 4.78 is 0. The molecule has 0 aliphatic carbocycles. The lowest BCUT2D eigenvalue weighted by molar-refractivity contribution is 0.402. The summed E-state index contributed by atoms with van der Waals surface area (Å²) in [4.78, 5) is 2.18.